The highest BCUT2D eigenvalue weighted by atomic mass is 35.5. The van der Waals surface area contributed by atoms with Crippen LogP contribution in [0.5, 0.6) is 0 Å². The third kappa shape index (κ3) is 1.95. The minimum absolute atomic E-state index is 0.0604. The predicted molar refractivity (Wildman–Crippen MR) is 47.1 cm³/mol. The molecule has 5 heteroatoms. The van der Waals surface area contributed by atoms with E-state index in [0.717, 1.165) is 11.8 Å². The van der Waals surface area contributed by atoms with Gasteiger partial charge in [0.25, 0.3) is 0 Å². The van der Waals surface area contributed by atoms with E-state index in [4.69, 9.17) is 11.6 Å². The summed E-state index contributed by atoms with van der Waals surface area (Å²) >= 11 is 5.67. The lowest BCUT2D eigenvalue weighted by Gasteiger charge is -2.00. The topological polar surface area (TPSA) is 47.0 Å². The van der Waals surface area contributed by atoms with Crippen molar-refractivity contribution in [2.45, 2.75) is 11.9 Å². The Balaban J connectivity index is 3.39. The van der Waals surface area contributed by atoms with Crippen LogP contribution < -0.4 is 0 Å². The van der Waals surface area contributed by atoms with E-state index in [1.54, 1.807) is 13.0 Å². The van der Waals surface area contributed by atoms with Gasteiger partial charge < -0.3 is 0 Å². The van der Waals surface area contributed by atoms with Crippen LogP contribution in [0.15, 0.2) is 17.3 Å². The van der Waals surface area contributed by atoms with E-state index < -0.39 is 9.84 Å². The largest absolute Gasteiger partial charge is 0.243 e. The Bertz CT molecular complexity index is 400. The summed E-state index contributed by atoms with van der Waals surface area (Å²) in [5, 5.41) is 0.118. The summed E-state index contributed by atoms with van der Waals surface area (Å²) in [6, 6.07) is 1.57. The first kappa shape index (κ1) is 9.48. The Kier molecular flexibility index (Phi) is 2.39. The van der Waals surface area contributed by atoms with Crippen molar-refractivity contribution < 1.29 is 8.42 Å². The second kappa shape index (κ2) is 3.03. The minimum Gasteiger partial charge on any atom is -0.243 e. The van der Waals surface area contributed by atoms with Crippen LogP contribution in [0.2, 0.25) is 5.02 Å². The molecule has 0 spiro atoms. The number of aryl methyl sites for hydroxylation is 1. The number of pyridine rings is 1. The van der Waals surface area contributed by atoms with Crippen LogP contribution in [0.3, 0.4) is 0 Å². The summed E-state index contributed by atoms with van der Waals surface area (Å²) in [7, 11) is -3.29. The third-order valence-electron chi connectivity index (χ3n) is 1.30. The summed E-state index contributed by atoms with van der Waals surface area (Å²) < 4.78 is 22.0. The van der Waals surface area contributed by atoms with E-state index in [-0.39, 0.29) is 10.0 Å². The van der Waals surface area contributed by atoms with Crippen LogP contribution in [-0.4, -0.2) is 19.7 Å². The van der Waals surface area contributed by atoms with Gasteiger partial charge in [-0.15, -0.1) is 0 Å². The van der Waals surface area contributed by atoms with Crippen LogP contribution >= 0.6 is 11.6 Å². The highest BCUT2D eigenvalue weighted by Gasteiger charge is 2.13. The van der Waals surface area contributed by atoms with Gasteiger partial charge in [-0.3, -0.25) is 0 Å². The maximum atomic E-state index is 11.0. The van der Waals surface area contributed by atoms with Crippen LogP contribution in [0.25, 0.3) is 0 Å². The van der Waals surface area contributed by atoms with E-state index in [0.29, 0.717) is 0 Å². The predicted octanol–water partition coefficient (Wildman–Crippen LogP) is 1.45. The number of hydrogen-bond acceptors (Lipinski definition) is 3. The Morgan fingerprint density at radius 3 is 2.50 bits per heavy atom. The maximum absolute atomic E-state index is 11.0. The van der Waals surface area contributed by atoms with Gasteiger partial charge in [0.2, 0.25) is 0 Å². The monoisotopic (exact) mass is 205 g/mol. The molecule has 0 radical (unpaired) electrons. The van der Waals surface area contributed by atoms with E-state index in [2.05, 4.69) is 4.98 Å². The number of hydrogen-bond donors (Lipinski definition) is 0. The molecule has 0 saturated heterocycles. The molecule has 0 N–H and O–H groups in total. The molecule has 0 fully saturated rings. The van der Waals surface area contributed by atoms with Gasteiger partial charge >= 0.3 is 0 Å². The Morgan fingerprint density at radius 2 is 2.08 bits per heavy atom. The molecule has 3 nitrogen and oxygen atoms in total. The molecule has 0 aliphatic rings. The van der Waals surface area contributed by atoms with Crippen LogP contribution in [-0.2, 0) is 9.84 Å². The van der Waals surface area contributed by atoms with E-state index in [9.17, 15) is 8.42 Å². The second-order valence-corrected chi connectivity index (χ2v) is 4.91. The van der Waals surface area contributed by atoms with Gasteiger partial charge in [0, 0.05) is 12.5 Å². The summed E-state index contributed by atoms with van der Waals surface area (Å²) in [6.07, 6.45) is 2.55. The molecule has 12 heavy (non-hydrogen) atoms. The van der Waals surface area contributed by atoms with Crippen molar-refractivity contribution in [3.8, 4) is 0 Å². The molecule has 66 valence electrons. The average molecular weight is 206 g/mol. The first-order valence-corrected chi connectivity index (χ1v) is 5.50. The highest BCUT2D eigenvalue weighted by molar-refractivity contribution is 7.90. The molecule has 0 unspecified atom stereocenters. The van der Waals surface area contributed by atoms with Gasteiger partial charge in [-0.25, -0.2) is 13.4 Å². The van der Waals surface area contributed by atoms with Crippen molar-refractivity contribution in [3.05, 3.63) is 22.8 Å². The molecule has 1 rings (SSSR count). The Labute approximate surface area is 76.3 Å². The SMILES string of the molecule is Cc1cnc(S(C)(=O)=O)c(Cl)c1. The minimum atomic E-state index is -3.29. The number of halogens is 1. The second-order valence-electron chi connectivity index (χ2n) is 2.57. The molecule has 0 aromatic carbocycles. The fourth-order valence-electron chi connectivity index (χ4n) is 0.794. The highest BCUT2D eigenvalue weighted by Crippen LogP contribution is 2.18. The normalized spacial score (nSPS) is 11.6. The fourth-order valence-corrected chi connectivity index (χ4v) is 2.09. The molecule has 1 heterocycles. The maximum Gasteiger partial charge on any atom is 0.194 e. The quantitative estimate of drug-likeness (QED) is 0.697. The number of rotatable bonds is 1. The molecule has 0 atom stereocenters. The standard InChI is InChI=1S/C7H8ClNO2S/c1-5-3-6(8)7(9-4-5)12(2,10)11/h3-4H,1-2H3. The van der Waals surface area contributed by atoms with E-state index in [1.807, 2.05) is 0 Å². The summed E-state index contributed by atoms with van der Waals surface area (Å²) in [4.78, 5) is 3.73. The Morgan fingerprint density at radius 1 is 1.50 bits per heavy atom. The fraction of sp³-hybridized carbons (Fsp3) is 0.286. The summed E-state index contributed by atoms with van der Waals surface area (Å²) in [5.41, 5.74) is 0.840. The van der Waals surface area contributed by atoms with Crippen molar-refractivity contribution in [3.63, 3.8) is 0 Å². The smallest absolute Gasteiger partial charge is 0.194 e. The first-order valence-electron chi connectivity index (χ1n) is 3.23. The number of nitrogens with zero attached hydrogens (tertiary/aromatic N) is 1. The molecular formula is C7H8ClNO2S. The molecule has 0 aliphatic heterocycles. The molecule has 1 aromatic heterocycles. The summed E-state index contributed by atoms with van der Waals surface area (Å²) in [6.45, 7) is 1.80. The van der Waals surface area contributed by atoms with Crippen molar-refractivity contribution in [1.29, 1.82) is 0 Å². The molecule has 0 saturated carbocycles. The molecular weight excluding hydrogens is 198 g/mol. The number of sulfone groups is 1. The van der Waals surface area contributed by atoms with Crippen LogP contribution in [0, 0.1) is 6.92 Å². The van der Waals surface area contributed by atoms with Gasteiger partial charge in [-0.1, -0.05) is 11.6 Å². The lowest BCUT2D eigenvalue weighted by Crippen LogP contribution is -2.01. The van der Waals surface area contributed by atoms with Crippen molar-refractivity contribution in [1.82, 2.24) is 4.98 Å². The molecule has 1 aromatic rings. The average Bonchev–Trinajstić information content (AvgIpc) is 1.83. The van der Waals surface area contributed by atoms with Crippen LogP contribution in [0.1, 0.15) is 5.56 Å². The van der Waals surface area contributed by atoms with Gasteiger partial charge in [-0.2, -0.15) is 0 Å². The van der Waals surface area contributed by atoms with Gasteiger partial charge in [0.15, 0.2) is 14.9 Å². The van der Waals surface area contributed by atoms with Crippen molar-refractivity contribution >= 4 is 21.4 Å². The lowest BCUT2D eigenvalue weighted by molar-refractivity contribution is 0.598. The van der Waals surface area contributed by atoms with Gasteiger partial charge in [0.1, 0.15) is 0 Å². The number of aromatic nitrogens is 1. The van der Waals surface area contributed by atoms with Gasteiger partial charge in [0.05, 0.1) is 5.02 Å². The molecule has 0 aliphatic carbocycles. The zero-order valence-corrected chi connectivity index (χ0v) is 8.28. The van der Waals surface area contributed by atoms with Crippen molar-refractivity contribution in [2.24, 2.45) is 0 Å². The first-order chi connectivity index (χ1) is 5.41. The Hall–Kier alpha value is -0.610. The molecule has 0 bridgehead atoms. The zero-order chi connectivity index (χ0) is 9.35. The zero-order valence-electron chi connectivity index (χ0n) is 6.70. The molecule has 0 amide bonds. The van der Waals surface area contributed by atoms with E-state index in [1.165, 1.54) is 6.20 Å². The van der Waals surface area contributed by atoms with Crippen LogP contribution in [0.4, 0.5) is 0 Å². The van der Waals surface area contributed by atoms with Crippen molar-refractivity contribution in [2.75, 3.05) is 6.26 Å². The van der Waals surface area contributed by atoms with E-state index >= 15 is 0 Å². The third-order valence-corrected chi connectivity index (χ3v) is 2.72. The summed E-state index contributed by atoms with van der Waals surface area (Å²) in [5.74, 6) is 0. The lowest BCUT2D eigenvalue weighted by atomic mass is 10.3. The van der Waals surface area contributed by atoms with Gasteiger partial charge in [-0.05, 0) is 18.6 Å².